The van der Waals surface area contributed by atoms with Gasteiger partial charge in [0.1, 0.15) is 0 Å². The van der Waals surface area contributed by atoms with Crippen LogP contribution < -0.4 is 4.74 Å². The minimum absolute atomic E-state index is 0.0123. The van der Waals surface area contributed by atoms with Crippen molar-refractivity contribution >= 4 is 10.0 Å². The van der Waals surface area contributed by atoms with Gasteiger partial charge in [-0.15, -0.1) is 0 Å². The number of benzene rings is 1. The number of aromatic nitrogens is 2. The standard InChI is InChI=1S/C13H16FN3O3S/c1-3-17(21(18,19)13-6-7-15-16-13)9-10-4-5-12(20-2)11(14)8-10/h4-8H,3,9H2,1-2H3,(H,15,16). The van der Waals surface area contributed by atoms with E-state index in [0.717, 1.165) is 0 Å². The second-order valence-electron chi connectivity index (χ2n) is 4.32. The lowest BCUT2D eigenvalue weighted by atomic mass is 10.2. The summed E-state index contributed by atoms with van der Waals surface area (Å²) in [4.78, 5) is 0. The van der Waals surface area contributed by atoms with Gasteiger partial charge >= 0.3 is 0 Å². The number of nitrogens with one attached hydrogen (secondary N) is 1. The van der Waals surface area contributed by atoms with Crippen molar-refractivity contribution in [3.63, 3.8) is 0 Å². The topological polar surface area (TPSA) is 75.3 Å². The lowest BCUT2D eigenvalue weighted by Crippen LogP contribution is -2.30. The first-order chi connectivity index (χ1) is 9.98. The zero-order valence-corrected chi connectivity index (χ0v) is 12.5. The summed E-state index contributed by atoms with van der Waals surface area (Å²) in [6.45, 7) is 2.04. The van der Waals surface area contributed by atoms with Crippen LogP contribution in [0.5, 0.6) is 5.75 Å². The highest BCUT2D eigenvalue weighted by Gasteiger charge is 2.24. The number of methoxy groups -OCH3 is 1. The highest BCUT2D eigenvalue weighted by Crippen LogP contribution is 2.21. The monoisotopic (exact) mass is 313 g/mol. The zero-order valence-electron chi connectivity index (χ0n) is 11.7. The number of ether oxygens (including phenoxy) is 1. The lowest BCUT2D eigenvalue weighted by molar-refractivity contribution is 0.384. The number of rotatable bonds is 6. The van der Waals surface area contributed by atoms with Gasteiger partial charge in [-0.2, -0.15) is 9.40 Å². The van der Waals surface area contributed by atoms with E-state index in [4.69, 9.17) is 4.74 Å². The average molecular weight is 313 g/mol. The number of hydrogen-bond acceptors (Lipinski definition) is 4. The Hall–Kier alpha value is -1.93. The molecule has 21 heavy (non-hydrogen) atoms. The molecule has 0 atom stereocenters. The van der Waals surface area contributed by atoms with E-state index >= 15 is 0 Å². The number of sulfonamides is 1. The molecule has 1 N–H and O–H groups in total. The molecule has 2 aromatic rings. The van der Waals surface area contributed by atoms with E-state index in [9.17, 15) is 12.8 Å². The first-order valence-electron chi connectivity index (χ1n) is 6.31. The Balaban J connectivity index is 2.26. The maximum absolute atomic E-state index is 13.7. The van der Waals surface area contributed by atoms with Crippen LogP contribution in [0.4, 0.5) is 4.39 Å². The number of nitrogens with zero attached hydrogens (tertiary/aromatic N) is 2. The van der Waals surface area contributed by atoms with Crippen molar-refractivity contribution in [3.8, 4) is 5.75 Å². The van der Waals surface area contributed by atoms with E-state index in [2.05, 4.69) is 10.2 Å². The Morgan fingerprint density at radius 1 is 1.38 bits per heavy atom. The van der Waals surface area contributed by atoms with Crippen molar-refractivity contribution in [2.45, 2.75) is 18.5 Å². The van der Waals surface area contributed by atoms with E-state index in [0.29, 0.717) is 5.56 Å². The number of halogens is 1. The Kier molecular flexibility index (Phi) is 4.59. The van der Waals surface area contributed by atoms with Crippen LogP contribution in [0.3, 0.4) is 0 Å². The third-order valence-corrected chi connectivity index (χ3v) is 4.87. The fraction of sp³-hybridized carbons (Fsp3) is 0.308. The summed E-state index contributed by atoms with van der Waals surface area (Å²) in [6, 6.07) is 5.75. The molecule has 1 heterocycles. The maximum Gasteiger partial charge on any atom is 0.260 e. The number of aromatic amines is 1. The molecule has 6 nitrogen and oxygen atoms in total. The van der Waals surface area contributed by atoms with Crippen molar-refractivity contribution in [2.24, 2.45) is 0 Å². The zero-order chi connectivity index (χ0) is 15.5. The molecule has 0 fully saturated rings. The van der Waals surface area contributed by atoms with E-state index in [1.165, 1.54) is 35.8 Å². The Bertz CT molecular complexity index is 701. The van der Waals surface area contributed by atoms with Crippen molar-refractivity contribution in [1.82, 2.24) is 14.5 Å². The van der Waals surface area contributed by atoms with Gasteiger partial charge in [0.2, 0.25) is 0 Å². The predicted molar refractivity (Wildman–Crippen MR) is 74.8 cm³/mol. The molecule has 0 aliphatic carbocycles. The molecule has 0 aliphatic rings. The Morgan fingerprint density at radius 2 is 2.14 bits per heavy atom. The Labute approximate surface area is 122 Å². The summed E-state index contributed by atoms with van der Waals surface area (Å²) < 4.78 is 44.5. The SMILES string of the molecule is CCN(Cc1ccc(OC)c(F)c1)S(=O)(=O)c1ccn[nH]1. The van der Waals surface area contributed by atoms with Gasteiger partial charge in [0.15, 0.2) is 16.6 Å². The predicted octanol–water partition coefficient (Wildman–Crippen LogP) is 1.77. The van der Waals surface area contributed by atoms with Gasteiger partial charge in [-0.1, -0.05) is 13.0 Å². The minimum Gasteiger partial charge on any atom is -0.494 e. The molecule has 2 rings (SSSR count). The van der Waals surface area contributed by atoms with Crippen molar-refractivity contribution < 1.29 is 17.5 Å². The van der Waals surface area contributed by atoms with E-state index in [-0.39, 0.29) is 23.9 Å². The van der Waals surface area contributed by atoms with Crippen LogP contribution in [-0.4, -0.2) is 36.6 Å². The van der Waals surface area contributed by atoms with Gasteiger partial charge < -0.3 is 4.74 Å². The summed E-state index contributed by atoms with van der Waals surface area (Å²) in [5, 5.41) is 6.09. The van der Waals surface area contributed by atoms with Gasteiger partial charge in [-0.25, -0.2) is 12.8 Å². The fourth-order valence-corrected chi connectivity index (χ4v) is 3.24. The van der Waals surface area contributed by atoms with Crippen LogP contribution in [0.15, 0.2) is 35.5 Å². The van der Waals surface area contributed by atoms with Crippen LogP contribution >= 0.6 is 0 Å². The molecule has 0 amide bonds. The van der Waals surface area contributed by atoms with Gasteiger partial charge in [0.25, 0.3) is 10.0 Å². The van der Waals surface area contributed by atoms with Gasteiger partial charge in [-0.3, -0.25) is 5.10 Å². The molecule has 0 aliphatic heterocycles. The summed E-state index contributed by atoms with van der Waals surface area (Å²) in [7, 11) is -2.30. The first-order valence-corrected chi connectivity index (χ1v) is 7.75. The molecule has 114 valence electrons. The smallest absolute Gasteiger partial charge is 0.260 e. The maximum atomic E-state index is 13.7. The van der Waals surface area contributed by atoms with Crippen molar-refractivity contribution in [2.75, 3.05) is 13.7 Å². The van der Waals surface area contributed by atoms with Crippen LogP contribution in [0.1, 0.15) is 12.5 Å². The van der Waals surface area contributed by atoms with Crippen LogP contribution in [0.2, 0.25) is 0 Å². The summed E-state index contributed by atoms with van der Waals surface area (Å²) in [5.41, 5.74) is 0.540. The third kappa shape index (κ3) is 3.22. The second-order valence-corrected chi connectivity index (χ2v) is 6.23. The molecular weight excluding hydrogens is 297 g/mol. The quantitative estimate of drug-likeness (QED) is 0.882. The molecule has 1 aromatic heterocycles. The molecule has 8 heteroatoms. The van der Waals surface area contributed by atoms with Crippen molar-refractivity contribution in [1.29, 1.82) is 0 Å². The van der Waals surface area contributed by atoms with E-state index in [1.807, 2.05) is 0 Å². The number of H-pyrrole nitrogens is 1. The highest BCUT2D eigenvalue weighted by atomic mass is 32.2. The lowest BCUT2D eigenvalue weighted by Gasteiger charge is -2.19. The van der Waals surface area contributed by atoms with Gasteiger partial charge in [0, 0.05) is 13.1 Å². The molecule has 0 spiro atoms. The van der Waals surface area contributed by atoms with E-state index in [1.54, 1.807) is 13.0 Å². The summed E-state index contributed by atoms with van der Waals surface area (Å²) >= 11 is 0. The normalized spacial score (nSPS) is 11.8. The van der Waals surface area contributed by atoms with Crippen molar-refractivity contribution in [3.05, 3.63) is 41.8 Å². The number of hydrogen-bond donors (Lipinski definition) is 1. The van der Waals surface area contributed by atoms with Crippen LogP contribution in [0, 0.1) is 5.82 Å². The summed E-state index contributed by atoms with van der Waals surface area (Å²) in [6.07, 6.45) is 1.37. The first kappa shape index (κ1) is 15.5. The summed E-state index contributed by atoms with van der Waals surface area (Å²) in [5.74, 6) is -0.400. The molecule has 0 bridgehead atoms. The van der Waals surface area contributed by atoms with E-state index < -0.39 is 15.8 Å². The van der Waals surface area contributed by atoms with Gasteiger partial charge in [0.05, 0.1) is 13.3 Å². The highest BCUT2D eigenvalue weighted by molar-refractivity contribution is 7.89. The molecule has 1 aromatic carbocycles. The average Bonchev–Trinajstić information content (AvgIpc) is 2.99. The molecule has 0 unspecified atom stereocenters. The van der Waals surface area contributed by atoms with Crippen LogP contribution in [-0.2, 0) is 16.6 Å². The second kappa shape index (κ2) is 6.23. The van der Waals surface area contributed by atoms with Crippen LogP contribution in [0.25, 0.3) is 0 Å². The largest absolute Gasteiger partial charge is 0.494 e. The van der Waals surface area contributed by atoms with Gasteiger partial charge in [-0.05, 0) is 23.8 Å². The third-order valence-electron chi connectivity index (χ3n) is 3.02. The fourth-order valence-electron chi connectivity index (χ4n) is 1.90. The molecule has 0 saturated carbocycles. The molecule has 0 radical (unpaired) electrons. The molecular formula is C13H16FN3O3S. The Morgan fingerprint density at radius 3 is 2.67 bits per heavy atom. The molecule has 0 saturated heterocycles. The minimum atomic E-state index is -3.67.